The minimum absolute atomic E-state index is 0.00319. The van der Waals surface area contributed by atoms with Gasteiger partial charge >= 0.3 is 0 Å². The molecule has 0 spiro atoms. The van der Waals surface area contributed by atoms with Gasteiger partial charge in [0.1, 0.15) is 5.76 Å². The van der Waals surface area contributed by atoms with Crippen LogP contribution in [0.5, 0.6) is 0 Å². The summed E-state index contributed by atoms with van der Waals surface area (Å²) in [6, 6.07) is 3.80. The van der Waals surface area contributed by atoms with Crippen molar-refractivity contribution >= 4 is 5.91 Å². The molecule has 2 unspecified atom stereocenters. The largest absolute Gasteiger partial charge is 0.469 e. The summed E-state index contributed by atoms with van der Waals surface area (Å²) >= 11 is 0. The minimum atomic E-state index is -0.135. The third kappa shape index (κ3) is 3.75. The Morgan fingerprint density at radius 3 is 2.87 bits per heavy atom. The van der Waals surface area contributed by atoms with E-state index in [1.165, 1.54) is 0 Å². The second-order valence-corrected chi connectivity index (χ2v) is 3.83. The number of hydrogen-bond donors (Lipinski definition) is 2. The maximum Gasteiger partial charge on any atom is 0.224 e. The summed E-state index contributed by atoms with van der Waals surface area (Å²) in [5.41, 5.74) is 5.41. The number of furan rings is 1. The van der Waals surface area contributed by atoms with Gasteiger partial charge in [-0.05, 0) is 19.1 Å². The molecule has 1 amide bonds. The van der Waals surface area contributed by atoms with Crippen molar-refractivity contribution < 1.29 is 9.21 Å². The summed E-state index contributed by atoms with van der Waals surface area (Å²) in [5, 5.41) is 2.89. The Balaban J connectivity index is 2.36. The van der Waals surface area contributed by atoms with Crippen LogP contribution >= 0.6 is 0 Å². The van der Waals surface area contributed by atoms with Crippen LogP contribution in [-0.4, -0.2) is 18.5 Å². The van der Waals surface area contributed by atoms with E-state index in [-0.39, 0.29) is 17.9 Å². The summed E-state index contributed by atoms with van der Waals surface area (Å²) in [7, 11) is 0. The van der Waals surface area contributed by atoms with E-state index in [1.54, 1.807) is 6.26 Å². The Morgan fingerprint density at radius 2 is 2.33 bits per heavy atom. The molecule has 3 N–H and O–H groups in total. The van der Waals surface area contributed by atoms with Gasteiger partial charge in [0.25, 0.3) is 0 Å². The topological polar surface area (TPSA) is 68.3 Å². The second kappa shape index (κ2) is 5.56. The Labute approximate surface area is 89.8 Å². The van der Waals surface area contributed by atoms with Crippen molar-refractivity contribution in [2.75, 3.05) is 6.54 Å². The van der Waals surface area contributed by atoms with Gasteiger partial charge < -0.3 is 15.5 Å². The van der Waals surface area contributed by atoms with Crippen LogP contribution < -0.4 is 11.1 Å². The lowest BCUT2D eigenvalue weighted by Crippen LogP contribution is -2.39. The van der Waals surface area contributed by atoms with E-state index in [9.17, 15) is 4.79 Å². The van der Waals surface area contributed by atoms with Crippen molar-refractivity contribution in [3.63, 3.8) is 0 Å². The monoisotopic (exact) mass is 210 g/mol. The fourth-order valence-electron chi connectivity index (χ4n) is 1.27. The zero-order chi connectivity index (χ0) is 11.3. The van der Waals surface area contributed by atoms with Crippen LogP contribution in [0, 0.1) is 5.92 Å². The predicted molar refractivity (Wildman–Crippen MR) is 58.2 cm³/mol. The lowest BCUT2D eigenvalue weighted by atomic mass is 10.1. The molecule has 4 heteroatoms. The van der Waals surface area contributed by atoms with Crippen LogP contribution in [0.4, 0.5) is 0 Å². The van der Waals surface area contributed by atoms with E-state index >= 15 is 0 Å². The predicted octanol–water partition coefficient (Wildman–Crippen LogP) is 0.922. The molecule has 1 aromatic heterocycles. The zero-order valence-electron chi connectivity index (χ0n) is 9.19. The fraction of sp³-hybridized carbons (Fsp3) is 0.545. The van der Waals surface area contributed by atoms with E-state index < -0.39 is 0 Å². The van der Waals surface area contributed by atoms with Crippen LogP contribution in [0.3, 0.4) is 0 Å². The standard InChI is InChI=1S/C11H18N2O2/c1-8(7-12)11(14)13-9(2)6-10-4-3-5-15-10/h3-5,8-9H,6-7,12H2,1-2H3,(H,13,14). The van der Waals surface area contributed by atoms with Gasteiger partial charge in [-0.3, -0.25) is 4.79 Å². The van der Waals surface area contributed by atoms with E-state index in [1.807, 2.05) is 26.0 Å². The average Bonchev–Trinajstić information content (AvgIpc) is 2.68. The molecular weight excluding hydrogens is 192 g/mol. The summed E-state index contributed by atoms with van der Waals surface area (Å²) in [6.07, 6.45) is 2.34. The number of amides is 1. The number of rotatable bonds is 5. The molecule has 0 aliphatic heterocycles. The van der Waals surface area contributed by atoms with Crippen molar-refractivity contribution in [2.24, 2.45) is 11.7 Å². The first-order valence-electron chi connectivity index (χ1n) is 5.16. The highest BCUT2D eigenvalue weighted by Gasteiger charge is 2.14. The molecule has 0 fully saturated rings. The third-order valence-electron chi connectivity index (χ3n) is 2.28. The van der Waals surface area contributed by atoms with E-state index in [0.717, 1.165) is 5.76 Å². The number of nitrogens with one attached hydrogen (secondary N) is 1. The Kier molecular flexibility index (Phi) is 4.37. The van der Waals surface area contributed by atoms with Crippen LogP contribution in [-0.2, 0) is 11.2 Å². The van der Waals surface area contributed by atoms with Crippen molar-refractivity contribution in [2.45, 2.75) is 26.3 Å². The fourth-order valence-corrected chi connectivity index (χ4v) is 1.27. The molecule has 0 aromatic carbocycles. The minimum Gasteiger partial charge on any atom is -0.469 e. The number of carbonyl (C=O) groups excluding carboxylic acids is 1. The van der Waals surface area contributed by atoms with Gasteiger partial charge in [-0.25, -0.2) is 0 Å². The van der Waals surface area contributed by atoms with E-state index in [2.05, 4.69) is 5.32 Å². The summed E-state index contributed by atoms with van der Waals surface area (Å²) < 4.78 is 5.20. The Bertz CT molecular complexity index is 296. The molecule has 84 valence electrons. The maximum atomic E-state index is 11.5. The molecular formula is C11H18N2O2. The molecule has 0 aliphatic rings. The average molecular weight is 210 g/mol. The first kappa shape index (κ1) is 11.8. The quantitative estimate of drug-likeness (QED) is 0.759. The Morgan fingerprint density at radius 1 is 1.60 bits per heavy atom. The van der Waals surface area contributed by atoms with Gasteiger partial charge in [0, 0.05) is 24.9 Å². The number of nitrogens with two attached hydrogens (primary N) is 1. The summed E-state index contributed by atoms with van der Waals surface area (Å²) in [6.45, 7) is 4.14. The van der Waals surface area contributed by atoms with Gasteiger partial charge in [-0.15, -0.1) is 0 Å². The van der Waals surface area contributed by atoms with Crippen molar-refractivity contribution in [1.82, 2.24) is 5.32 Å². The molecule has 1 aromatic rings. The number of hydrogen-bond acceptors (Lipinski definition) is 3. The molecule has 4 nitrogen and oxygen atoms in total. The SMILES string of the molecule is CC(Cc1ccco1)NC(=O)C(C)CN. The molecule has 0 aliphatic carbocycles. The van der Waals surface area contributed by atoms with Crippen LogP contribution in [0.2, 0.25) is 0 Å². The van der Waals surface area contributed by atoms with Crippen LogP contribution in [0.15, 0.2) is 22.8 Å². The second-order valence-electron chi connectivity index (χ2n) is 3.83. The van der Waals surface area contributed by atoms with Gasteiger partial charge in [-0.1, -0.05) is 6.92 Å². The highest BCUT2D eigenvalue weighted by molar-refractivity contribution is 5.78. The molecule has 1 rings (SSSR count). The van der Waals surface area contributed by atoms with E-state index in [4.69, 9.17) is 10.2 Å². The van der Waals surface area contributed by atoms with Gasteiger partial charge in [0.2, 0.25) is 5.91 Å². The molecule has 1 heterocycles. The third-order valence-corrected chi connectivity index (χ3v) is 2.28. The summed E-state index contributed by atoms with van der Waals surface area (Å²) in [4.78, 5) is 11.5. The Hall–Kier alpha value is -1.29. The normalized spacial score (nSPS) is 14.6. The van der Waals surface area contributed by atoms with Gasteiger partial charge in [0.15, 0.2) is 0 Å². The van der Waals surface area contributed by atoms with Crippen LogP contribution in [0.25, 0.3) is 0 Å². The number of carbonyl (C=O) groups is 1. The maximum absolute atomic E-state index is 11.5. The first-order chi connectivity index (χ1) is 7.13. The summed E-state index contributed by atoms with van der Waals surface area (Å²) in [5.74, 6) is 0.740. The van der Waals surface area contributed by atoms with Gasteiger partial charge in [0.05, 0.1) is 6.26 Å². The molecule has 15 heavy (non-hydrogen) atoms. The molecule has 0 bridgehead atoms. The highest BCUT2D eigenvalue weighted by Crippen LogP contribution is 2.04. The van der Waals surface area contributed by atoms with Crippen molar-refractivity contribution in [3.8, 4) is 0 Å². The molecule has 0 saturated heterocycles. The van der Waals surface area contributed by atoms with E-state index in [0.29, 0.717) is 13.0 Å². The lowest BCUT2D eigenvalue weighted by molar-refractivity contribution is -0.124. The first-order valence-corrected chi connectivity index (χ1v) is 5.16. The highest BCUT2D eigenvalue weighted by atomic mass is 16.3. The molecule has 0 saturated carbocycles. The van der Waals surface area contributed by atoms with Crippen LogP contribution in [0.1, 0.15) is 19.6 Å². The zero-order valence-corrected chi connectivity index (χ0v) is 9.19. The lowest BCUT2D eigenvalue weighted by Gasteiger charge is -2.15. The molecule has 2 atom stereocenters. The molecule has 0 radical (unpaired) electrons. The van der Waals surface area contributed by atoms with Crippen molar-refractivity contribution in [1.29, 1.82) is 0 Å². The van der Waals surface area contributed by atoms with Crippen molar-refractivity contribution in [3.05, 3.63) is 24.2 Å². The van der Waals surface area contributed by atoms with Gasteiger partial charge in [-0.2, -0.15) is 0 Å². The smallest absolute Gasteiger partial charge is 0.224 e.